The molecule has 0 heterocycles. The molecule has 2 fully saturated rings. The number of phenolic OH excluding ortho intramolecular Hbond substituents is 6. The van der Waals surface area contributed by atoms with E-state index in [9.17, 15) is 30.6 Å². The van der Waals surface area contributed by atoms with E-state index in [4.69, 9.17) is 0 Å². The van der Waals surface area contributed by atoms with Crippen LogP contribution in [0.1, 0.15) is 154 Å². The van der Waals surface area contributed by atoms with Crippen molar-refractivity contribution in [2.45, 2.75) is 129 Å². The summed E-state index contributed by atoms with van der Waals surface area (Å²) >= 11 is 0. The van der Waals surface area contributed by atoms with Crippen molar-refractivity contribution < 1.29 is 30.6 Å². The predicted octanol–water partition coefficient (Wildman–Crippen LogP) is 13.3. The largest absolute Gasteiger partial charge is 0.508 e. The van der Waals surface area contributed by atoms with Crippen LogP contribution >= 0.6 is 0 Å². The third-order valence-electron chi connectivity index (χ3n) is 13.3. The number of phenols is 6. The third-order valence-corrected chi connectivity index (χ3v) is 13.3. The van der Waals surface area contributed by atoms with Crippen molar-refractivity contribution in [2.75, 3.05) is 0 Å². The van der Waals surface area contributed by atoms with Gasteiger partial charge in [0.25, 0.3) is 0 Å². The molecular weight excluding hydrogens is 769 g/mol. The molecule has 0 unspecified atom stereocenters. The van der Waals surface area contributed by atoms with Gasteiger partial charge in [-0.15, -0.1) is 0 Å². The second kappa shape index (κ2) is 19.9. The van der Waals surface area contributed by atoms with Crippen LogP contribution < -0.4 is 0 Å². The first kappa shape index (κ1) is 44.2. The maximum Gasteiger partial charge on any atom is 0.122 e. The van der Waals surface area contributed by atoms with E-state index >= 15 is 0 Å². The molecule has 0 spiro atoms. The fourth-order valence-electron chi connectivity index (χ4n) is 9.72. The first-order valence-electron chi connectivity index (χ1n) is 22.6. The molecule has 62 heavy (non-hydrogen) atoms. The molecule has 0 bridgehead atoms. The average Bonchev–Trinajstić information content (AvgIpc) is 3.26. The predicted molar refractivity (Wildman–Crippen MR) is 250 cm³/mol. The van der Waals surface area contributed by atoms with Crippen LogP contribution in [-0.2, 0) is 25.7 Å². The highest BCUT2D eigenvalue weighted by Crippen LogP contribution is 2.42. The molecule has 0 saturated heterocycles. The highest BCUT2D eigenvalue weighted by molar-refractivity contribution is 5.52. The van der Waals surface area contributed by atoms with Crippen molar-refractivity contribution in [2.24, 2.45) is 0 Å². The van der Waals surface area contributed by atoms with Crippen LogP contribution in [-0.4, -0.2) is 30.6 Å². The van der Waals surface area contributed by atoms with Crippen LogP contribution in [0.4, 0.5) is 0 Å². The fraction of sp³-hybridized carbons (Fsp3) is 0.357. The van der Waals surface area contributed by atoms with Gasteiger partial charge in [-0.25, -0.2) is 0 Å². The van der Waals surface area contributed by atoms with E-state index in [0.717, 1.165) is 105 Å². The lowest BCUT2D eigenvalue weighted by molar-refractivity contribution is 0.411. The Balaban J connectivity index is 0.000000186. The SMILES string of the molecule is Cc1cc(Cc2cc(Cc3ccc(O)c(C)c3)c(O)c(C3CCCCC3)c2)ccc1O.Cc1cc(Cc2cc(Cc3ccc(O)c(C)c3)c(O)c(C3CCCCC3)c2)ccc1O. The highest BCUT2D eigenvalue weighted by Gasteiger charge is 2.23. The van der Waals surface area contributed by atoms with Gasteiger partial charge < -0.3 is 30.6 Å². The van der Waals surface area contributed by atoms with Gasteiger partial charge in [0.05, 0.1) is 0 Å². The van der Waals surface area contributed by atoms with Gasteiger partial charge >= 0.3 is 0 Å². The summed E-state index contributed by atoms with van der Waals surface area (Å²) in [4.78, 5) is 0. The standard InChI is InChI=1S/2C28H32O3/c2*1-18-12-20(8-10-26(18)29)14-22-16-24(15-21-9-11-27(30)19(2)13-21)28(31)25(17-22)23-6-4-3-5-7-23/h2*8-13,16-17,23,29-31H,3-7,14-15H2,1-2H3. The Morgan fingerprint density at radius 1 is 0.339 bits per heavy atom. The Morgan fingerprint density at radius 3 is 0.919 bits per heavy atom. The normalized spacial score (nSPS) is 14.6. The van der Waals surface area contributed by atoms with Gasteiger partial charge in [-0.3, -0.25) is 0 Å². The van der Waals surface area contributed by atoms with Gasteiger partial charge in [-0.1, -0.05) is 111 Å². The van der Waals surface area contributed by atoms with Crippen molar-refractivity contribution in [1.29, 1.82) is 0 Å². The zero-order valence-electron chi connectivity index (χ0n) is 37.0. The zero-order chi connectivity index (χ0) is 43.9. The molecule has 2 saturated carbocycles. The van der Waals surface area contributed by atoms with Gasteiger partial charge in [-0.05, 0) is 180 Å². The van der Waals surface area contributed by atoms with Crippen molar-refractivity contribution in [1.82, 2.24) is 0 Å². The summed E-state index contributed by atoms with van der Waals surface area (Å²) in [5.41, 5.74) is 14.4. The van der Waals surface area contributed by atoms with Crippen molar-refractivity contribution >= 4 is 0 Å². The summed E-state index contributed by atoms with van der Waals surface area (Å²) < 4.78 is 0. The number of benzene rings is 6. The summed E-state index contributed by atoms with van der Waals surface area (Å²) in [6, 6.07) is 31.4. The summed E-state index contributed by atoms with van der Waals surface area (Å²) in [7, 11) is 0. The molecular formula is C56H64O6. The number of hydrogen-bond donors (Lipinski definition) is 6. The van der Waals surface area contributed by atoms with Crippen molar-refractivity contribution in [3.05, 3.63) is 175 Å². The van der Waals surface area contributed by atoms with Crippen LogP contribution in [0, 0.1) is 27.7 Å². The molecule has 6 N–H and O–H groups in total. The molecule has 6 nitrogen and oxygen atoms in total. The molecule has 2 aliphatic rings. The molecule has 324 valence electrons. The summed E-state index contributed by atoms with van der Waals surface area (Å²) in [6.45, 7) is 7.63. The summed E-state index contributed by atoms with van der Waals surface area (Å²) in [5.74, 6) is 2.93. The molecule has 0 radical (unpaired) electrons. The molecule has 6 heteroatoms. The monoisotopic (exact) mass is 832 g/mol. The van der Waals surface area contributed by atoms with E-state index < -0.39 is 0 Å². The van der Waals surface area contributed by atoms with E-state index in [-0.39, 0.29) is 0 Å². The second-order valence-corrected chi connectivity index (χ2v) is 18.2. The number of hydrogen-bond acceptors (Lipinski definition) is 6. The lowest BCUT2D eigenvalue weighted by Gasteiger charge is -2.25. The molecule has 0 amide bonds. The summed E-state index contributed by atoms with van der Waals surface area (Å²) in [5, 5.41) is 61.9. The smallest absolute Gasteiger partial charge is 0.122 e. The molecule has 0 atom stereocenters. The lowest BCUT2D eigenvalue weighted by atomic mass is 9.81. The van der Waals surface area contributed by atoms with Gasteiger partial charge in [0.15, 0.2) is 0 Å². The minimum absolute atomic E-state index is 0.298. The van der Waals surface area contributed by atoms with Crippen LogP contribution in [0.5, 0.6) is 34.5 Å². The van der Waals surface area contributed by atoms with Crippen LogP contribution in [0.15, 0.2) is 97.1 Å². The van der Waals surface area contributed by atoms with E-state index in [1.54, 1.807) is 24.3 Å². The van der Waals surface area contributed by atoms with Crippen LogP contribution in [0.25, 0.3) is 0 Å². The Hall–Kier alpha value is -5.88. The van der Waals surface area contributed by atoms with E-state index in [0.29, 0.717) is 59.2 Å². The van der Waals surface area contributed by atoms with Gasteiger partial charge in [0.1, 0.15) is 34.5 Å². The average molecular weight is 833 g/mol. The van der Waals surface area contributed by atoms with Gasteiger partial charge in [0.2, 0.25) is 0 Å². The topological polar surface area (TPSA) is 121 Å². The minimum atomic E-state index is 0.298. The highest BCUT2D eigenvalue weighted by atomic mass is 16.3. The van der Waals surface area contributed by atoms with E-state index in [1.165, 1.54) is 49.7 Å². The van der Waals surface area contributed by atoms with E-state index in [1.807, 2.05) is 76.2 Å². The number of aromatic hydroxyl groups is 6. The maximum absolute atomic E-state index is 11.2. The Bertz CT molecular complexity index is 2330. The Morgan fingerprint density at radius 2 is 0.629 bits per heavy atom. The first-order chi connectivity index (χ1) is 29.8. The zero-order valence-corrected chi connectivity index (χ0v) is 37.0. The van der Waals surface area contributed by atoms with Gasteiger partial charge in [0, 0.05) is 12.8 Å². The second-order valence-electron chi connectivity index (χ2n) is 18.2. The van der Waals surface area contributed by atoms with Gasteiger partial charge in [-0.2, -0.15) is 0 Å². The van der Waals surface area contributed by atoms with E-state index in [2.05, 4.69) is 24.3 Å². The lowest BCUT2D eigenvalue weighted by Crippen LogP contribution is -2.07. The quantitative estimate of drug-likeness (QED) is 0.0818. The third kappa shape index (κ3) is 10.9. The molecule has 8 rings (SSSR count). The summed E-state index contributed by atoms with van der Waals surface area (Å²) in [6.07, 6.45) is 14.8. The first-order valence-corrected chi connectivity index (χ1v) is 22.6. The Labute approximate surface area is 368 Å². The van der Waals surface area contributed by atoms with Crippen LogP contribution in [0.3, 0.4) is 0 Å². The van der Waals surface area contributed by atoms with Crippen molar-refractivity contribution in [3.8, 4) is 34.5 Å². The fourth-order valence-corrected chi connectivity index (χ4v) is 9.72. The Kier molecular flexibility index (Phi) is 14.2. The maximum atomic E-state index is 11.2. The molecule has 0 aliphatic heterocycles. The minimum Gasteiger partial charge on any atom is -0.508 e. The number of rotatable bonds is 10. The number of aryl methyl sites for hydroxylation is 4. The van der Waals surface area contributed by atoms with Crippen LogP contribution in [0.2, 0.25) is 0 Å². The molecule has 2 aliphatic carbocycles. The molecule has 0 aromatic heterocycles. The van der Waals surface area contributed by atoms with Crippen molar-refractivity contribution in [3.63, 3.8) is 0 Å². The molecule has 6 aromatic carbocycles. The molecule has 6 aromatic rings.